The van der Waals surface area contributed by atoms with Crippen LogP contribution >= 0.6 is 23.5 Å². The number of hydrogen-bond acceptors (Lipinski definition) is 5. The second-order valence-electron chi connectivity index (χ2n) is 5.08. The van der Waals surface area contributed by atoms with Crippen molar-refractivity contribution >= 4 is 23.5 Å². The summed E-state index contributed by atoms with van der Waals surface area (Å²) in [7, 11) is 0. The Hall–Kier alpha value is -0.980. The fourth-order valence-corrected chi connectivity index (χ4v) is 3.96. The molecule has 0 saturated carbocycles. The molecule has 0 amide bonds. The lowest BCUT2D eigenvalue weighted by Crippen LogP contribution is -2.11. The van der Waals surface area contributed by atoms with Crippen molar-refractivity contribution in [2.75, 3.05) is 11.5 Å². The first kappa shape index (κ1) is 16.4. The molecule has 0 bridgehead atoms. The fraction of sp³-hybridized carbons (Fsp3) is 0.467. The molecule has 1 aromatic carbocycles. The van der Waals surface area contributed by atoms with Gasteiger partial charge >= 0.3 is 0 Å². The molecular formula is C15H22N4S2. The number of rotatable bonds is 7. The summed E-state index contributed by atoms with van der Waals surface area (Å²) in [6.45, 7) is 6.81. The zero-order chi connectivity index (χ0) is 15.2. The molecule has 0 aliphatic heterocycles. The molecule has 6 heteroatoms. The van der Waals surface area contributed by atoms with E-state index in [9.17, 15) is 0 Å². The van der Waals surface area contributed by atoms with Gasteiger partial charge in [-0.2, -0.15) is 0 Å². The molecule has 2 aromatic rings. The number of aryl methyl sites for hydroxylation is 1. The Bertz CT molecular complexity index is 564. The van der Waals surface area contributed by atoms with Crippen LogP contribution in [0.5, 0.6) is 0 Å². The Morgan fingerprint density at radius 3 is 2.38 bits per heavy atom. The van der Waals surface area contributed by atoms with Gasteiger partial charge in [-0.1, -0.05) is 29.5 Å². The number of thioether (sulfide) groups is 2. The second-order valence-corrected chi connectivity index (χ2v) is 7.31. The first-order valence-electron chi connectivity index (χ1n) is 7.08. The van der Waals surface area contributed by atoms with Crippen LogP contribution in [-0.2, 0) is 6.54 Å². The Morgan fingerprint density at radius 2 is 1.76 bits per heavy atom. The van der Waals surface area contributed by atoms with Gasteiger partial charge < -0.3 is 10.3 Å². The van der Waals surface area contributed by atoms with Gasteiger partial charge in [0.15, 0.2) is 5.16 Å². The van der Waals surface area contributed by atoms with Gasteiger partial charge in [0.2, 0.25) is 0 Å². The molecule has 0 aliphatic rings. The molecule has 0 radical (unpaired) electrons. The van der Waals surface area contributed by atoms with E-state index in [1.54, 1.807) is 11.8 Å². The van der Waals surface area contributed by atoms with Crippen molar-refractivity contribution < 1.29 is 0 Å². The Balaban J connectivity index is 1.86. The van der Waals surface area contributed by atoms with Crippen LogP contribution in [0.1, 0.15) is 31.3 Å². The Morgan fingerprint density at radius 1 is 1.10 bits per heavy atom. The number of benzene rings is 1. The zero-order valence-corrected chi connectivity index (χ0v) is 14.4. The van der Waals surface area contributed by atoms with Crippen LogP contribution in [-0.4, -0.2) is 26.3 Å². The van der Waals surface area contributed by atoms with Crippen molar-refractivity contribution in [1.29, 1.82) is 0 Å². The van der Waals surface area contributed by atoms with Gasteiger partial charge in [0.25, 0.3) is 0 Å². The lowest BCUT2D eigenvalue weighted by molar-refractivity contribution is 0.526. The minimum Gasteiger partial charge on any atom is -0.324 e. The predicted octanol–water partition coefficient (Wildman–Crippen LogP) is 3.51. The van der Waals surface area contributed by atoms with Crippen LogP contribution in [0.25, 0.3) is 0 Å². The predicted molar refractivity (Wildman–Crippen MR) is 90.9 cm³/mol. The summed E-state index contributed by atoms with van der Waals surface area (Å²) in [6, 6.07) is 8.99. The quantitative estimate of drug-likeness (QED) is 0.624. The highest BCUT2D eigenvalue weighted by atomic mass is 32.2. The molecule has 21 heavy (non-hydrogen) atoms. The average Bonchev–Trinajstić information content (AvgIpc) is 2.88. The molecule has 2 N–H and O–H groups in total. The standard InChI is InChI=1S/C15H22N4S2/c1-11(2)19-14(10-16)17-18-15(19)21-9-8-20-13-6-4-12(3)5-7-13/h4-7,11H,8-10,16H2,1-3H3. The largest absolute Gasteiger partial charge is 0.324 e. The van der Waals surface area contributed by atoms with E-state index in [1.807, 2.05) is 11.8 Å². The van der Waals surface area contributed by atoms with Crippen LogP contribution in [0, 0.1) is 6.92 Å². The summed E-state index contributed by atoms with van der Waals surface area (Å²) >= 11 is 3.62. The second kappa shape index (κ2) is 7.87. The summed E-state index contributed by atoms with van der Waals surface area (Å²) in [4.78, 5) is 1.31. The molecule has 0 unspecified atom stereocenters. The van der Waals surface area contributed by atoms with E-state index in [1.165, 1.54) is 10.5 Å². The molecule has 0 atom stereocenters. The summed E-state index contributed by atoms with van der Waals surface area (Å²) < 4.78 is 2.13. The summed E-state index contributed by atoms with van der Waals surface area (Å²) in [6.07, 6.45) is 0. The molecule has 1 aromatic heterocycles. The maximum Gasteiger partial charge on any atom is 0.191 e. The molecular weight excluding hydrogens is 300 g/mol. The van der Waals surface area contributed by atoms with E-state index in [0.717, 1.165) is 22.5 Å². The summed E-state index contributed by atoms with van der Waals surface area (Å²) in [5, 5.41) is 9.38. The first-order valence-corrected chi connectivity index (χ1v) is 9.05. The molecule has 0 fully saturated rings. The van der Waals surface area contributed by atoms with Crippen LogP contribution in [0.4, 0.5) is 0 Å². The van der Waals surface area contributed by atoms with Crippen molar-refractivity contribution in [1.82, 2.24) is 14.8 Å². The topological polar surface area (TPSA) is 56.7 Å². The monoisotopic (exact) mass is 322 g/mol. The molecule has 0 saturated heterocycles. The first-order chi connectivity index (χ1) is 10.1. The smallest absolute Gasteiger partial charge is 0.191 e. The van der Waals surface area contributed by atoms with Gasteiger partial charge in [-0.3, -0.25) is 0 Å². The van der Waals surface area contributed by atoms with Crippen LogP contribution < -0.4 is 5.73 Å². The van der Waals surface area contributed by atoms with Crippen molar-refractivity contribution in [3.05, 3.63) is 35.7 Å². The van der Waals surface area contributed by atoms with Crippen molar-refractivity contribution in [3.63, 3.8) is 0 Å². The minimum atomic E-state index is 0.339. The minimum absolute atomic E-state index is 0.339. The van der Waals surface area contributed by atoms with E-state index in [2.05, 4.69) is 59.8 Å². The van der Waals surface area contributed by atoms with E-state index in [4.69, 9.17) is 5.73 Å². The Kier molecular flexibility index (Phi) is 6.14. The maximum absolute atomic E-state index is 5.71. The normalized spacial score (nSPS) is 11.3. The summed E-state index contributed by atoms with van der Waals surface area (Å²) in [5.41, 5.74) is 7.01. The highest BCUT2D eigenvalue weighted by Gasteiger charge is 2.13. The van der Waals surface area contributed by atoms with E-state index in [0.29, 0.717) is 12.6 Å². The Labute approximate surface area is 134 Å². The lowest BCUT2D eigenvalue weighted by Gasteiger charge is -2.12. The molecule has 4 nitrogen and oxygen atoms in total. The average molecular weight is 323 g/mol. The number of nitrogens with zero attached hydrogens (tertiary/aromatic N) is 3. The van der Waals surface area contributed by atoms with Crippen molar-refractivity contribution in [3.8, 4) is 0 Å². The van der Waals surface area contributed by atoms with Gasteiger partial charge in [-0.05, 0) is 32.9 Å². The fourth-order valence-electron chi connectivity index (χ4n) is 1.99. The molecule has 114 valence electrons. The van der Waals surface area contributed by atoms with E-state index >= 15 is 0 Å². The third-order valence-corrected chi connectivity index (χ3v) is 5.26. The molecule has 1 heterocycles. The molecule has 0 spiro atoms. The number of hydrogen-bond donors (Lipinski definition) is 1. The highest BCUT2D eigenvalue weighted by molar-refractivity contribution is 8.02. The van der Waals surface area contributed by atoms with E-state index in [-0.39, 0.29) is 0 Å². The van der Waals surface area contributed by atoms with Gasteiger partial charge in [-0.15, -0.1) is 22.0 Å². The summed E-state index contributed by atoms with van der Waals surface area (Å²) in [5.74, 6) is 2.92. The molecule has 2 rings (SSSR count). The highest BCUT2D eigenvalue weighted by Crippen LogP contribution is 2.24. The third-order valence-electron chi connectivity index (χ3n) is 3.04. The number of nitrogens with two attached hydrogens (primary N) is 1. The van der Waals surface area contributed by atoms with Crippen LogP contribution in [0.15, 0.2) is 34.3 Å². The zero-order valence-electron chi connectivity index (χ0n) is 12.7. The number of aromatic nitrogens is 3. The van der Waals surface area contributed by atoms with Gasteiger partial charge in [0.1, 0.15) is 5.82 Å². The van der Waals surface area contributed by atoms with Gasteiger partial charge in [0.05, 0.1) is 6.54 Å². The molecule has 0 aliphatic carbocycles. The third kappa shape index (κ3) is 4.49. The SMILES string of the molecule is Cc1ccc(SCCSc2nnc(CN)n2C(C)C)cc1. The van der Waals surface area contributed by atoms with Gasteiger partial charge in [0, 0.05) is 22.4 Å². The van der Waals surface area contributed by atoms with Crippen LogP contribution in [0.2, 0.25) is 0 Å². The van der Waals surface area contributed by atoms with Crippen molar-refractivity contribution in [2.45, 2.75) is 43.4 Å². The maximum atomic E-state index is 5.71. The van der Waals surface area contributed by atoms with E-state index < -0.39 is 0 Å². The lowest BCUT2D eigenvalue weighted by atomic mass is 10.2. The van der Waals surface area contributed by atoms with Gasteiger partial charge in [-0.25, -0.2) is 0 Å². The van der Waals surface area contributed by atoms with Crippen LogP contribution in [0.3, 0.4) is 0 Å². The van der Waals surface area contributed by atoms with Crippen molar-refractivity contribution in [2.24, 2.45) is 5.73 Å².